The lowest BCUT2D eigenvalue weighted by Crippen LogP contribution is -2.75. The summed E-state index contributed by atoms with van der Waals surface area (Å²) in [6.45, 7) is 8.62. The number of hydrogen-bond donors (Lipinski definition) is 0. The van der Waals surface area contributed by atoms with E-state index in [-0.39, 0.29) is 0 Å². The van der Waals surface area contributed by atoms with Gasteiger partial charge in [0.05, 0.1) is 0 Å². The van der Waals surface area contributed by atoms with Crippen LogP contribution in [0.15, 0.2) is 425 Å². The Morgan fingerprint density at radius 3 is 0.486 bits per heavy atom. The quantitative estimate of drug-likeness (QED) is 0.107. The van der Waals surface area contributed by atoms with Gasteiger partial charge in [-0.2, -0.15) is 65.6 Å². The molecule has 0 aliphatic heterocycles. The predicted molar refractivity (Wildman–Crippen MR) is 472 cm³/mol. The molecule has 0 fully saturated rings. The fourth-order valence-corrected chi connectivity index (χ4v) is 18.8. The molecule has 0 saturated carbocycles. The summed E-state index contributed by atoms with van der Waals surface area (Å²) in [5.41, 5.74) is 21.4. The van der Waals surface area contributed by atoms with Gasteiger partial charge in [-0.1, -0.05) is 485 Å². The maximum Gasteiger partial charge on any atom is 0.111 e. The zero-order valence-electron chi connectivity index (χ0n) is 61.1. The summed E-state index contributed by atoms with van der Waals surface area (Å²) in [6.07, 6.45) is -4.49. The maximum atomic E-state index is 2.38. The normalized spacial score (nSPS) is 11.7. The molecule has 0 spiro atoms. The van der Waals surface area contributed by atoms with Gasteiger partial charge in [-0.05, 0) is 65.4 Å². The third-order valence-corrected chi connectivity index (χ3v) is 23.6. The molecule has 0 aliphatic rings. The van der Waals surface area contributed by atoms with E-state index >= 15 is 0 Å². The van der Waals surface area contributed by atoms with E-state index < -0.39 is 18.4 Å². The van der Waals surface area contributed by atoms with Crippen molar-refractivity contribution in [2.75, 3.05) is 0 Å². The molecular formula is C104H82B3-3. The fourth-order valence-electron chi connectivity index (χ4n) is 18.8. The van der Waals surface area contributed by atoms with Gasteiger partial charge in [0, 0.05) is 0 Å². The summed E-state index contributed by atoms with van der Waals surface area (Å²) >= 11 is 0. The van der Waals surface area contributed by atoms with Gasteiger partial charge >= 0.3 is 0 Å². The molecular weight excluding hydrogens is 1280 g/mol. The van der Waals surface area contributed by atoms with Gasteiger partial charge in [0.15, 0.2) is 0 Å². The van der Waals surface area contributed by atoms with E-state index in [2.05, 4.69) is 452 Å². The summed E-state index contributed by atoms with van der Waals surface area (Å²) in [5, 5.41) is 17.9. The predicted octanol–water partition coefficient (Wildman–Crippen LogP) is 18.5. The van der Waals surface area contributed by atoms with Crippen LogP contribution in [0.3, 0.4) is 0 Å². The van der Waals surface area contributed by atoms with Crippen LogP contribution in [0.2, 0.25) is 0 Å². The Bertz CT molecular complexity index is 5680. The van der Waals surface area contributed by atoms with Crippen LogP contribution in [0.1, 0.15) is 22.3 Å². The van der Waals surface area contributed by atoms with E-state index in [4.69, 9.17) is 0 Å². The molecule has 3 heteroatoms. The average molecular weight is 1360 g/mol. The van der Waals surface area contributed by atoms with Crippen molar-refractivity contribution in [3.8, 4) is 0 Å². The van der Waals surface area contributed by atoms with E-state index in [0.29, 0.717) is 0 Å². The third-order valence-electron chi connectivity index (χ3n) is 23.6. The zero-order chi connectivity index (χ0) is 72.3. The highest BCUT2D eigenvalue weighted by Gasteiger charge is 2.38. The summed E-state index contributed by atoms with van der Waals surface area (Å²) in [5.74, 6) is 0. The topological polar surface area (TPSA) is 0 Å². The minimum absolute atomic E-state index is 1.26. The van der Waals surface area contributed by atoms with E-state index in [1.807, 2.05) is 0 Å². The first-order chi connectivity index (χ1) is 52.7. The number of benzene rings is 19. The minimum atomic E-state index is -1.67. The van der Waals surface area contributed by atoms with Gasteiger partial charge in [0.2, 0.25) is 0 Å². The van der Waals surface area contributed by atoms with Crippen molar-refractivity contribution in [3.05, 3.63) is 447 Å². The maximum absolute atomic E-state index is 2.38. The van der Waals surface area contributed by atoms with Crippen LogP contribution in [0.4, 0.5) is 0 Å². The van der Waals surface area contributed by atoms with Crippen molar-refractivity contribution in [2.24, 2.45) is 0 Å². The number of hydrogen-bond acceptors (Lipinski definition) is 0. The molecule has 0 atom stereocenters. The summed E-state index contributed by atoms with van der Waals surface area (Å²) in [6, 6.07) is 158. The highest BCUT2D eigenvalue weighted by atomic mass is 14.2. The second kappa shape index (κ2) is 29.0. The highest BCUT2D eigenvalue weighted by molar-refractivity contribution is 7.24. The van der Waals surface area contributed by atoms with Gasteiger partial charge in [0.1, 0.15) is 18.4 Å². The summed E-state index contributed by atoms with van der Waals surface area (Å²) in [4.78, 5) is 0. The molecule has 0 radical (unpaired) electrons. The molecule has 19 aromatic rings. The Balaban J connectivity index is 0.000000120. The van der Waals surface area contributed by atoms with Crippen LogP contribution in [0, 0.1) is 27.7 Å². The summed E-state index contributed by atoms with van der Waals surface area (Å²) in [7, 11) is 0. The van der Waals surface area contributed by atoms with Crippen molar-refractivity contribution in [1.29, 1.82) is 0 Å². The Morgan fingerprint density at radius 2 is 0.280 bits per heavy atom. The van der Waals surface area contributed by atoms with Crippen molar-refractivity contribution >= 4 is 159 Å². The SMILES string of the molecule is Cc1ccc([B-](c2ccc(C)cc2)(c2ccc(C)cc2)c2ccc(C)cc2)cc1.c1ccc([B-](c2cccc3ccccc23)(c2cccc3ccccc23)c2cccc3ccccc23)cc1.c1ccc2c([B-](c3cccc4ccccc34)(c3cccc4ccccc34)c3cccc4ccccc34)cccc2c1. The number of fused-ring (bicyclic) bond motifs is 7. The molecule has 0 bridgehead atoms. The molecule has 107 heavy (non-hydrogen) atoms. The van der Waals surface area contributed by atoms with Crippen molar-refractivity contribution < 1.29 is 0 Å². The second-order valence-electron chi connectivity index (χ2n) is 29.6. The molecule has 19 aromatic carbocycles. The standard InChI is InChI=1S/C40H28B.C36H26B.C28H28B/c1-5-21-33-29(13-1)17-9-25-37(33)41(38-26-10-18-30-14-2-6-22-34(30)38,39-27-11-19-31-15-3-7-23-35(31)39)40-28-12-20-32-16-4-8-24-36(32)40;1-2-19-30(20-3-1)37(34-24-10-16-27-13-4-7-21-31(27)34,35-25-11-17-28-14-5-8-22-32(28)35)36-26-12-18-29-15-6-9-23-33(29)36;1-21-5-13-25(14-6-21)29(26-15-7-22(2)8-16-26,27-17-9-23(3)10-18-27)28-19-11-24(4)12-20-28/h1-28H;1-26H;5-20H,1-4H3/q3*-1. The van der Waals surface area contributed by atoms with E-state index in [9.17, 15) is 0 Å². The zero-order valence-corrected chi connectivity index (χ0v) is 61.1. The summed E-state index contributed by atoms with van der Waals surface area (Å²) < 4.78 is 0. The smallest absolute Gasteiger partial charge is 0.111 e. The first-order valence-corrected chi connectivity index (χ1v) is 37.9. The van der Waals surface area contributed by atoms with Crippen LogP contribution < -0.4 is 65.6 Å². The second-order valence-corrected chi connectivity index (χ2v) is 29.6. The van der Waals surface area contributed by atoms with Crippen molar-refractivity contribution in [1.82, 2.24) is 0 Å². The Morgan fingerprint density at radius 1 is 0.121 bits per heavy atom. The largest absolute Gasteiger partial charge is 0.195 e. The highest BCUT2D eigenvalue weighted by Crippen LogP contribution is 2.29. The van der Waals surface area contributed by atoms with Gasteiger partial charge in [-0.25, -0.2) is 0 Å². The lowest BCUT2D eigenvalue weighted by molar-refractivity contribution is 1.46. The Labute approximate surface area is 629 Å². The van der Waals surface area contributed by atoms with Crippen molar-refractivity contribution in [2.45, 2.75) is 27.7 Å². The van der Waals surface area contributed by atoms with Crippen LogP contribution in [-0.4, -0.2) is 18.4 Å². The number of rotatable bonds is 12. The molecule has 0 nitrogen and oxygen atoms in total. The monoisotopic (exact) mass is 1360 g/mol. The fraction of sp³-hybridized carbons (Fsp3) is 0.0385. The molecule has 510 valence electrons. The molecule has 0 heterocycles. The third kappa shape index (κ3) is 12.0. The van der Waals surface area contributed by atoms with E-state index in [0.717, 1.165) is 0 Å². The first kappa shape index (κ1) is 67.4. The van der Waals surface area contributed by atoms with Crippen molar-refractivity contribution in [3.63, 3.8) is 0 Å². The molecule has 0 saturated heterocycles. The van der Waals surface area contributed by atoms with E-state index in [1.165, 1.54) is 163 Å². The van der Waals surface area contributed by atoms with Gasteiger partial charge in [-0.15, -0.1) is 0 Å². The van der Waals surface area contributed by atoms with Gasteiger partial charge in [0.25, 0.3) is 0 Å². The molecule has 0 amide bonds. The van der Waals surface area contributed by atoms with Crippen LogP contribution in [0.25, 0.3) is 75.4 Å². The lowest BCUT2D eigenvalue weighted by atomic mass is 9.12. The van der Waals surface area contributed by atoms with Crippen LogP contribution in [-0.2, 0) is 0 Å². The lowest BCUT2D eigenvalue weighted by Gasteiger charge is -2.47. The van der Waals surface area contributed by atoms with Gasteiger partial charge < -0.3 is 0 Å². The van der Waals surface area contributed by atoms with Gasteiger partial charge in [-0.3, -0.25) is 0 Å². The first-order valence-electron chi connectivity index (χ1n) is 37.9. The average Bonchev–Trinajstić information content (AvgIpc) is 0.711. The van der Waals surface area contributed by atoms with Crippen LogP contribution >= 0.6 is 0 Å². The molecule has 19 rings (SSSR count). The molecule has 0 unspecified atom stereocenters. The van der Waals surface area contributed by atoms with Crippen LogP contribution in [0.5, 0.6) is 0 Å². The molecule has 0 aromatic heterocycles. The minimum Gasteiger partial charge on any atom is -0.195 e. The molecule has 0 aliphatic carbocycles. The number of aryl methyl sites for hydroxylation is 4. The molecule has 0 N–H and O–H groups in total. The Hall–Kier alpha value is -12.8. The van der Waals surface area contributed by atoms with E-state index in [1.54, 1.807) is 0 Å². The Kier molecular flexibility index (Phi) is 18.3.